The zero-order chi connectivity index (χ0) is 22.8. The highest BCUT2D eigenvalue weighted by Gasteiger charge is 2.18. The lowest BCUT2D eigenvalue weighted by molar-refractivity contribution is 0.335. The Kier molecular flexibility index (Phi) is 6.11. The molecule has 5 nitrogen and oxygen atoms in total. The molecule has 5 rings (SSSR count). The molecule has 0 aliphatic carbocycles. The molecule has 0 fully saturated rings. The smallest absolute Gasteiger partial charge is 0.272 e. The Hall–Kier alpha value is -3.23. The van der Waals surface area contributed by atoms with Crippen LogP contribution >= 0.6 is 23.1 Å². The number of aromatic nitrogens is 3. The molecule has 3 aromatic heterocycles. The quantitative estimate of drug-likeness (QED) is 0.216. The summed E-state index contributed by atoms with van der Waals surface area (Å²) in [5, 5.41) is 1.44. The molecule has 0 aliphatic rings. The number of pyridine rings is 1. The summed E-state index contributed by atoms with van der Waals surface area (Å²) in [6.07, 6.45) is 1.72. The largest absolute Gasteiger partial charge is 0.494 e. The van der Waals surface area contributed by atoms with E-state index in [0.717, 1.165) is 27.1 Å². The molecule has 0 saturated carbocycles. The van der Waals surface area contributed by atoms with Gasteiger partial charge in [0.2, 0.25) is 0 Å². The van der Waals surface area contributed by atoms with Gasteiger partial charge in [-0.3, -0.25) is 9.36 Å². The number of para-hydroxylation sites is 1. The summed E-state index contributed by atoms with van der Waals surface area (Å²) in [6, 6.07) is 18.0. The lowest BCUT2D eigenvalue weighted by Gasteiger charge is -2.15. The van der Waals surface area contributed by atoms with Crippen molar-refractivity contribution in [3.05, 3.63) is 94.2 Å². The minimum Gasteiger partial charge on any atom is -0.494 e. The SMILES string of the molecule is CCOc1ccccc1Cn1c(SCc2cccc(F)c2)nc2c(sc3ncccc32)c1=O. The van der Waals surface area contributed by atoms with Crippen LogP contribution < -0.4 is 10.3 Å². The second-order valence-electron chi connectivity index (χ2n) is 7.38. The Bertz CT molecular complexity index is 1510. The monoisotopic (exact) mass is 477 g/mol. The predicted molar refractivity (Wildman–Crippen MR) is 132 cm³/mol. The Morgan fingerprint density at radius 2 is 2.00 bits per heavy atom. The molecule has 0 aliphatic heterocycles. The van der Waals surface area contributed by atoms with E-state index in [2.05, 4.69) is 4.98 Å². The Balaban J connectivity index is 1.63. The topological polar surface area (TPSA) is 57.0 Å². The fraction of sp³-hybridized carbons (Fsp3) is 0.160. The highest BCUT2D eigenvalue weighted by Crippen LogP contribution is 2.32. The maximum absolute atomic E-state index is 13.7. The van der Waals surface area contributed by atoms with Gasteiger partial charge >= 0.3 is 0 Å². The summed E-state index contributed by atoms with van der Waals surface area (Å²) in [5.74, 6) is 0.948. The van der Waals surface area contributed by atoms with Crippen LogP contribution in [0.1, 0.15) is 18.1 Å². The normalized spacial score (nSPS) is 11.3. The van der Waals surface area contributed by atoms with Gasteiger partial charge in [0.25, 0.3) is 5.56 Å². The fourth-order valence-electron chi connectivity index (χ4n) is 3.67. The molecule has 33 heavy (non-hydrogen) atoms. The second-order valence-corrected chi connectivity index (χ2v) is 9.32. The van der Waals surface area contributed by atoms with Crippen LogP contribution in [0.15, 0.2) is 76.8 Å². The predicted octanol–water partition coefficient (Wildman–Crippen LogP) is 5.88. The molecule has 0 radical (unpaired) electrons. The number of thioether (sulfide) groups is 1. The maximum Gasteiger partial charge on any atom is 0.272 e. The lowest BCUT2D eigenvalue weighted by Crippen LogP contribution is -2.23. The highest BCUT2D eigenvalue weighted by molar-refractivity contribution is 7.98. The van der Waals surface area contributed by atoms with Crippen LogP contribution in [0, 0.1) is 5.82 Å². The first-order valence-corrected chi connectivity index (χ1v) is 12.3. The molecular formula is C25H20FN3O2S2. The summed E-state index contributed by atoms with van der Waals surface area (Å²) in [5.41, 5.74) is 2.27. The molecule has 166 valence electrons. The first kappa shape index (κ1) is 21.6. The highest BCUT2D eigenvalue weighted by atomic mass is 32.2. The number of nitrogens with zero attached hydrogens (tertiary/aromatic N) is 3. The first-order chi connectivity index (χ1) is 16.1. The number of hydrogen-bond donors (Lipinski definition) is 0. The Morgan fingerprint density at radius 1 is 1.12 bits per heavy atom. The van der Waals surface area contributed by atoms with Crippen molar-refractivity contribution in [3.63, 3.8) is 0 Å². The summed E-state index contributed by atoms with van der Waals surface area (Å²) in [6.45, 7) is 2.79. The molecular weight excluding hydrogens is 457 g/mol. The maximum atomic E-state index is 13.7. The standard InChI is InChI=1S/C25H20FN3O2S2/c1-2-31-20-11-4-3-8-17(20)14-29-24(30)22-21(19-10-6-12-27-23(19)33-22)28-25(29)32-15-16-7-5-9-18(26)13-16/h3-13H,2,14-15H2,1H3. The molecule has 0 amide bonds. The van der Waals surface area contributed by atoms with Crippen molar-refractivity contribution in [1.82, 2.24) is 14.5 Å². The van der Waals surface area contributed by atoms with Gasteiger partial charge in [-0.15, -0.1) is 11.3 Å². The number of hydrogen-bond acceptors (Lipinski definition) is 6. The van der Waals surface area contributed by atoms with Crippen LogP contribution in [-0.2, 0) is 12.3 Å². The molecule has 0 unspecified atom stereocenters. The van der Waals surface area contributed by atoms with Crippen LogP contribution in [0.3, 0.4) is 0 Å². The third-order valence-corrected chi connectivity index (χ3v) is 7.31. The van der Waals surface area contributed by atoms with Crippen molar-refractivity contribution in [2.24, 2.45) is 0 Å². The van der Waals surface area contributed by atoms with E-state index in [0.29, 0.717) is 34.3 Å². The number of fused-ring (bicyclic) bond motifs is 3. The second kappa shape index (κ2) is 9.33. The third-order valence-electron chi connectivity index (χ3n) is 5.18. The van der Waals surface area contributed by atoms with Gasteiger partial charge in [-0.1, -0.05) is 42.1 Å². The van der Waals surface area contributed by atoms with E-state index < -0.39 is 0 Å². The minimum absolute atomic E-state index is 0.115. The third kappa shape index (κ3) is 4.36. The molecule has 0 N–H and O–H groups in total. The number of thiophene rings is 1. The van der Waals surface area contributed by atoms with Crippen molar-refractivity contribution >= 4 is 43.5 Å². The molecule has 3 heterocycles. The lowest BCUT2D eigenvalue weighted by atomic mass is 10.2. The minimum atomic E-state index is -0.283. The van der Waals surface area contributed by atoms with E-state index in [4.69, 9.17) is 9.72 Å². The molecule has 0 atom stereocenters. The summed E-state index contributed by atoms with van der Waals surface area (Å²) in [7, 11) is 0. The van der Waals surface area contributed by atoms with E-state index in [1.807, 2.05) is 49.4 Å². The van der Waals surface area contributed by atoms with Gasteiger partial charge in [0, 0.05) is 22.9 Å². The van der Waals surface area contributed by atoms with E-state index in [1.165, 1.54) is 35.2 Å². The molecule has 2 aromatic carbocycles. The number of benzene rings is 2. The zero-order valence-corrected chi connectivity index (χ0v) is 19.5. The Morgan fingerprint density at radius 3 is 2.85 bits per heavy atom. The number of rotatable bonds is 7. The van der Waals surface area contributed by atoms with E-state index in [1.54, 1.807) is 16.8 Å². The van der Waals surface area contributed by atoms with Crippen molar-refractivity contribution in [3.8, 4) is 5.75 Å². The van der Waals surface area contributed by atoms with Gasteiger partial charge in [0.1, 0.15) is 21.1 Å². The van der Waals surface area contributed by atoms with Crippen molar-refractivity contribution in [2.75, 3.05) is 6.61 Å². The van der Waals surface area contributed by atoms with Gasteiger partial charge in [0.05, 0.1) is 18.7 Å². The van der Waals surface area contributed by atoms with E-state index >= 15 is 0 Å². The first-order valence-electron chi connectivity index (χ1n) is 10.5. The molecule has 5 aromatic rings. The van der Waals surface area contributed by atoms with Gasteiger partial charge in [-0.25, -0.2) is 14.4 Å². The zero-order valence-electron chi connectivity index (χ0n) is 17.8. The van der Waals surface area contributed by atoms with Crippen LogP contribution in [0.25, 0.3) is 20.4 Å². The van der Waals surface area contributed by atoms with Crippen LogP contribution in [0.5, 0.6) is 5.75 Å². The summed E-state index contributed by atoms with van der Waals surface area (Å²) < 4.78 is 21.7. The molecule has 0 saturated heterocycles. The summed E-state index contributed by atoms with van der Waals surface area (Å²) in [4.78, 5) is 23.7. The van der Waals surface area contributed by atoms with Crippen LogP contribution in [0.4, 0.5) is 4.39 Å². The average Bonchev–Trinajstić information content (AvgIpc) is 3.20. The number of halogens is 1. The molecule has 8 heteroatoms. The van der Waals surface area contributed by atoms with Gasteiger partial charge < -0.3 is 4.74 Å². The van der Waals surface area contributed by atoms with Crippen LogP contribution in [0.2, 0.25) is 0 Å². The van der Waals surface area contributed by atoms with Crippen molar-refractivity contribution in [2.45, 2.75) is 24.4 Å². The average molecular weight is 478 g/mol. The van der Waals surface area contributed by atoms with Crippen LogP contribution in [-0.4, -0.2) is 21.1 Å². The molecule has 0 spiro atoms. The Labute approximate surface area is 197 Å². The van der Waals surface area contributed by atoms with E-state index in [9.17, 15) is 9.18 Å². The van der Waals surface area contributed by atoms with Gasteiger partial charge in [0.15, 0.2) is 5.16 Å². The van der Waals surface area contributed by atoms with Gasteiger partial charge in [-0.2, -0.15) is 0 Å². The fourth-order valence-corrected chi connectivity index (χ4v) is 5.63. The van der Waals surface area contributed by atoms with Crippen molar-refractivity contribution < 1.29 is 9.13 Å². The molecule has 0 bridgehead atoms. The summed E-state index contributed by atoms with van der Waals surface area (Å²) >= 11 is 2.77. The van der Waals surface area contributed by atoms with Gasteiger partial charge in [-0.05, 0) is 42.8 Å². The number of ether oxygens (including phenoxy) is 1. The van der Waals surface area contributed by atoms with E-state index in [-0.39, 0.29) is 11.4 Å². The van der Waals surface area contributed by atoms with Crippen molar-refractivity contribution in [1.29, 1.82) is 0 Å².